The number of nitrogens with one attached hydrogen (secondary N) is 3. The van der Waals surface area contributed by atoms with Crippen LogP contribution >= 0.6 is 0 Å². The second-order valence-electron chi connectivity index (χ2n) is 19.9. The normalized spacial score (nSPS) is 27.2. The molecule has 3 aliphatic rings. The fourth-order valence-electron chi connectivity index (χ4n) is 9.56. The average Bonchev–Trinajstić information content (AvgIpc) is 3.87. The largest absolute Gasteiger partial charge is 0.391 e. The molecule has 0 radical (unpaired) electrons. The zero-order valence-electron chi connectivity index (χ0n) is 42.8. The summed E-state index contributed by atoms with van der Waals surface area (Å²) >= 11 is 0. The van der Waals surface area contributed by atoms with Crippen LogP contribution in [-0.2, 0) is 56.0 Å². The summed E-state index contributed by atoms with van der Waals surface area (Å²) in [6, 6.07) is 7.70. The van der Waals surface area contributed by atoms with E-state index in [2.05, 4.69) is 16.0 Å². The molecule has 2 aromatic carbocycles. The minimum Gasteiger partial charge on any atom is -0.391 e. The van der Waals surface area contributed by atoms with E-state index in [1.807, 2.05) is 13.8 Å². The Balaban J connectivity index is 1.60. The summed E-state index contributed by atoms with van der Waals surface area (Å²) in [5.41, 5.74) is 1.34. The number of piperidine rings is 1. The zero-order valence-corrected chi connectivity index (χ0v) is 42.8. The van der Waals surface area contributed by atoms with E-state index in [-0.39, 0.29) is 38.1 Å². The van der Waals surface area contributed by atoms with Crippen molar-refractivity contribution in [2.45, 2.75) is 147 Å². The molecule has 19 nitrogen and oxygen atoms in total. The maximum absolute atomic E-state index is 14.8. The Morgan fingerprint density at radius 3 is 1.65 bits per heavy atom. The summed E-state index contributed by atoms with van der Waals surface area (Å²) < 4.78 is 0. The number of hydrogen-bond acceptors (Lipinski definition) is 10. The molecule has 19 heteroatoms. The molecule has 3 heterocycles. The van der Waals surface area contributed by atoms with Gasteiger partial charge in [-0.2, -0.15) is 0 Å². The monoisotopic (exact) mass is 986 g/mol. The van der Waals surface area contributed by atoms with Crippen molar-refractivity contribution in [2.75, 3.05) is 47.8 Å². The van der Waals surface area contributed by atoms with Gasteiger partial charge in [0, 0.05) is 60.7 Å². The van der Waals surface area contributed by atoms with Gasteiger partial charge in [0.05, 0.1) is 12.5 Å². The van der Waals surface area contributed by atoms with Gasteiger partial charge in [0.15, 0.2) is 0 Å². The Morgan fingerprint density at radius 1 is 0.606 bits per heavy atom. The molecule has 5 rings (SSSR count). The van der Waals surface area contributed by atoms with Crippen molar-refractivity contribution in [1.29, 1.82) is 0 Å². The van der Waals surface area contributed by atoms with Gasteiger partial charge < -0.3 is 50.5 Å². The van der Waals surface area contributed by atoms with Gasteiger partial charge in [0.1, 0.15) is 48.3 Å². The maximum atomic E-state index is 14.8. The number of rotatable bonds is 8. The molecule has 71 heavy (non-hydrogen) atoms. The molecule has 0 aromatic heterocycles. The van der Waals surface area contributed by atoms with Crippen LogP contribution < -0.4 is 16.0 Å². The van der Waals surface area contributed by atoms with E-state index < -0.39 is 114 Å². The third-order valence-corrected chi connectivity index (χ3v) is 14.3. The van der Waals surface area contributed by atoms with Crippen molar-refractivity contribution < 1.29 is 48.3 Å². The van der Waals surface area contributed by atoms with E-state index in [0.29, 0.717) is 30.6 Å². The van der Waals surface area contributed by atoms with E-state index in [9.17, 15) is 48.3 Å². The van der Waals surface area contributed by atoms with Crippen molar-refractivity contribution >= 4 is 53.2 Å². The van der Waals surface area contributed by atoms with Crippen molar-refractivity contribution in [2.24, 2.45) is 5.92 Å². The molecule has 2 aromatic rings. The standard InChI is InChI=1S/C52H75N9O10/c1-32(2)28-38-51(70)61-27-19-24-40(61)45(64)54-39(50(69)60-25-17-12-18-26-60)31-43(63)56(6)33(3)48(67)57(7)34(4)49(68)58(8)42(30-37-22-15-11-16-23-37)47(66)55-44(35(5)62)52(71)59(9)41(46(65)53-38)29-36-20-13-10-14-21-36/h10-11,13-16,20-23,32-35,38-42,44,62H,12,17-19,24-31H2,1-9H3,(H,53,65)(H,54,64)(H,55,66)/t33-,34-,35?,38?,39?,40-,41?,42?,44?/m0/s1. The number of carbonyl (C=O) groups excluding carboxylic acids is 9. The summed E-state index contributed by atoms with van der Waals surface area (Å²) in [6.45, 7) is 9.07. The third kappa shape index (κ3) is 13.9. The van der Waals surface area contributed by atoms with Crippen LogP contribution in [0.5, 0.6) is 0 Å². The predicted molar refractivity (Wildman–Crippen MR) is 265 cm³/mol. The van der Waals surface area contributed by atoms with Crippen LogP contribution in [0.25, 0.3) is 0 Å². The van der Waals surface area contributed by atoms with Gasteiger partial charge in [-0.15, -0.1) is 0 Å². The lowest BCUT2D eigenvalue weighted by atomic mass is 9.99. The van der Waals surface area contributed by atoms with Crippen LogP contribution in [0.1, 0.15) is 90.7 Å². The highest BCUT2D eigenvalue weighted by Gasteiger charge is 2.43. The Hall–Kier alpha value is -6.37. The Labute approximate surface area is 418 Å². The number of aliphatic hydroxyl groups excluding tert-OH is 1. The second-order valence-corrected chi connectivity index (χ2v) is 19.9. The number of aliphatic hydroxyl groups is 1. The van der Waals surface area contributed by atoms with E-state index in [1.165, 1.54) is 58.8 Å². The van der Waals surface area contributed by atoms with Crippen LogP contribution in [0.15, 0.2) is 60.7 Å². The molecular weight excluding hydrogens is 911 g/mol. The number of fused-ring (bicyclic) bond motifs is 1. The van der Waals surface area contributed by atoms with Gasteiger partial charge in [-0.3, -0.25) is 43.2 Å². The first-order chi connectivity index (χ1) is 33.6. The lowest BCUT2D eigenvalue weighted by Gasteiger charge is -2.36. The zero-order chi connectivity index (χ0) is 52.3. The SMILES string of the molecule is CC(C)CC1NC(=O)C(Cc2ccccc2)N(C)C(=O)C(C(C)O)NC(=O)C(Cc2ccccc2)N(C)C(=O)[C@H](C)N(C)C(=O)[C@H](C)N(C)C(=O)CC(C(=O)N2CCCCC2)NC(=O)[C@@H]2CCCN2C1=O. The average molecular weight is 986 g/mol. The van der Waals surface area contributed by atoms with E-state index in [1.54, 1.807) is 65.6 Å². The Morgan fingerprint density at radius 2 is 1.11 bits per heavy atom. The van der Waals surface area contributed by atoms with Gasteiger partial charge in [0.25, 0.3) is 0 Å². The molecule has 388 valence electrons. The highest BCUT2D eigenvalue weighted by atomic mass is 16.3. The highest BCUT2D eigenvalue weighted by Crippen LogP contribution is 2.23. The Bertz CT molecular complexity index is 2220. The number of likely N-dealkylation sites (N-methyl/N-ethyl adjacent to an activating group) is 4. The van der Waals surface area contributed by atoms with Crippen molar-refractivity contribution in [3.8, 4) is 0 Å². The van der Waals surface area contributed by atoms with Crippen LogP contribution in [0.2, 0.25) is 0 Å². The van der Waals surface area contributed by atoms with Gasteiger partial charge in [-0.1, -0.05) is 74.5 Å². The minimum atomic E-state index is -1.62. The molecule has 9 atom stereocenters. The van der Waals surface area contributed by atoms with E-state index in [4.69, 9.17) is 0 Å². The van der Waals surface area contributed by atoms with Crippen molar-refractivity contribution in [1.82, 2.24) is 45.3 Å². The van der Waals surface area contributed by atoms with Crippen LogP contribution in [0.4, 0.5) is 0 Å². The van der Waals surface area contributed by atoms with Gasteiger partial charge >= 0.3 is 0 Å². The van der Waals surface area contributed by atoms with Crippen LogP contribution in [0, 0.1) is 5.92 Å². The van der Waals surface area contributed by atoms with Gasteiger partial charge in [-0.25, -0.2) is 0 Å². The quantitative estimate of drug-likeness (QED) is 0.295. The first-order valence-electron chi connectivity index (χ1n) is 24.9. The molecule has 3 saturated heterocycles. The second kappa shape index (κ2) is 25.1. The number of likely N-dealkylation sites (tertiary alicyclic amines) is 1. The predicted octanol–water partition coefficient (Wildman–Crippen LogP) is 1.11. The minimum absolute atomic E-state index is 0.0241. The van der Waals surface area contributed by atoms with Gasteiger partial charge in [-0.05, 0) is 76.3 Å². The number of hydrogen-bond donors (Lipinski definition) is 4. The number of benzene rings is 2. The molecule has 0 aliphatic carbocycles. The summed E-state index contributed by atoms with van der Waals surface area (Å²) in [6.07, 6.45) is 1.20. The molecular formula is C52H75N9O10. The molecule has 0 saturated carbocycles. The van der Waals surface area contributed by atoms with Crippen LogP contribution in [-0.4, -0.2) is 190 Å². The van der Waals surface area contributed by atoms with E-state index in [0.717, 1.165) is 34.0 Å². The first kappa shape index (κ1) is 55.6. The first-order valence-corrected chi connectivity index (χ1v) is 24.9. The lowest BCUT2D eigenvalue weighted by Crippen LogP contribution is -2.62. The maximum Gasteiger partial charge on any atom is 0.248 e. The van der Waals surface area contributed by atoms with E-state index >= 15 is 0 Å². The summed E-state index contributed by atoms with van der Waals surface area (Å²) in [7, 11) is 5.57. The third-order valence-electron chi connectivity index (χ3n) is 14.3. The Kier molecular flexibility index (Phi) is 19.7. The smallest absolute Gasteiger partial charge is 0.248 e. The summed E-state index contributed by atoms with van der Waals surface area (Å²) in [5.74, 6) is -6.02. The molecule has 3 fully saturated rings. The topological polar surface area (TPSA) is 229 Å². The molecule has 6 unspecified atom stereocenters. The summed E-state index contributed by atoms with van der Waals surface area (Å²) in [5, 5.41) is 19.6. The lowest BCUT2D eigenvalue weighted by molar-refractivity contribution is -0.151. The number of amides is 9. The van der Waals surface area contributed by atoms with Crippen molar-refractivity contribution in [3.05, 3.63) is 71.8 Å². The molecule has 0 spiro atoms. The molecule has 0 bridgehead atoms. The van der Waals surface area contributed by atoms with Crippen molar-refractivity contribution in [3.63, 3.8) is 0 Å². The fraction of sp³-hybridized carbons (Fsp3) is 0.596. The highest BCUT2D eigenvalue weighted by molar-refractivity contribution is 5.99. The molecule has 3 aliphatic heterocycles. The molecule has 9 amide bonds. The van der Waals surface area contributed by atoms with Gasteiger partial charge in [0.2, 0.25) is 53.2 Å². The fourth-order valence-corrected chi connectivity index (χ4v) is 9.56. The number of nitrogens with zero attached hydrogens (tertiary/aromatic N) is 6. The molecule has 4 N–H and O–H groups in total. The number of carbonyl (C=O) groups is 9. The van der Waals surface area contributed by atoms with Crippen LogP contribution in [0.3, 0.4) is 0 Å². The summed E-state index contributed by atoms with van der Waals surface area (Å²) in [4.78, 5) is 138.